The molecule has 2 heterocycles. The summed E-state index contributed by atoms with van der Waals surface area (Å²) >= 11 is 6.17. The van der Waals surface area contributed by atoms with Crippen LogP contribution in [0.4, 0.5) is 0 Å². The topological polar surface area (TPSA) is 50.2 Å². The fourth-order valence-corrected chi connectivity index (χ4v) is 3.97. The average Bonchev–Trinajstić information content (AvgIpc) is 2.87. The first kappa shape index (κ1) is 18.9. The molecule has 0 spiro atoms. The summed E-state index contributed by atoms with van der Waals surface area (Å²) in [5.41, 5.74) is 4.41. The van der Waals surface area contributed by atoms with Crippen molar-refractivity contribution in [3.05, 3.63) is 51.8 Å². The van der Waals surface area contributed by atoms with Crippen molar-refractivity contribution in [1.29, 1.82) is 0 Å². The van der Waals surface area contributed by atoms with Crippen molar-refractivity contribution in [3.63, 3.8) is 0 Å². The van der Waals surface area contributed by atoms with Gasteiger partial charge in [-0.2, -0.15) is 5.10 Å². The molecule has 1 aromatic heterocycles. The SMILES string of the molecule is Cc1nn(C)c(C)c1CC(C)C(=O)N1CCNCC1c1cccc(Cl)c1. The summed E-state index contributed by atoms with van der Waals surface area (Å²) in [6, 6.07) is 7.84. The number of hydrogen-bond donors (Lipinski definition) is 1. The number of rotatable bonds is 4. The zero-order valence-electron chi connectivity index (χ0n) is 15.9. The Morgan fingerprint density at radius 2 is 2.19 bits per heavy atom. The monoisotopic (exact) mass is 374 g/mol. The van der Waals surface area contributed by atoms with Gasteiger partial charge in [-0.15, -0.1) is 0 Å². The second kappa shape index (κ2) is 7.80. The second-order valence-corrected chi connectivity index (χ2v) is 7.62. The Morgan fingerprint density at radius 1 is 1.42 bits per heavy atom. The van der Waals surface area contributed by atoms with Gasteiger partial charge in [-0.05, 0) is 43.5 Å². The molecule has 0 radical (unpaired) electrons. The third-order valence-electron chi connectivity index (χ3n) is 5.35. The van der Waals surface area contributed by atoms with Crippen molar-refractivity contribution in [2.75, 3.05) is 19.6 Å². The lowest BCUT2D eigenvalue weighted by molar-refractivity contribution is -0.138. The van der Waals surface area contributed by atoms with E-state index in [2.05, 4.69) is 17.3 Å². The van der Waals surface area contributed by atoms with Gasteiger partial charge in [0.2, 0.25) is 5.91 Å². The van der Waals surface area contributed by atoms with Crippen LogP contribution < -0.4 is 5.32 Å². The summed E-state index contributed by atoms with van der Waals surface area (Å²) in [6.45, 7) is 8.38. The summed E-state index contributed by atoms with van der Waals surface area (Å²) in [5, 5.41) is 8.58. The predicted molar refractivity (Wildman–Crippen MR) is 104 cm³/mol. The molecule has 26 heavy (non-hydrogen) atoms. The van der Waals surface area contributed by atoms with Crippen molar-refractivity contribution in [1.82, 2.24) is 20.0 Å². The van der Waals surface area contributed by atoms with Crippen LogP contribution in [0.5, 0.6) is 0 Å². The van der Waals surface area contributed by atoms with Crippen molar-refractivity contribution in [2.24, 2.45) is 13.0 Å². The Kier molecular flexibility index (Phi) is 5.68. The highest BCUT2D eigenvalue weighted by molar-refractivity contribution is 6.30. The number of aromatic nitrogens is 2. The summed E-state index contributed by atoms with van der Waals surface area (Å²) in [4.78, 5) is 15.2. The molecule has 1 aliphatic heterocycles. The van der Waals surface area contributed by atoms with E-state index in [1.165, 1.54) is 5.56 Å². The number of carbonyl (C=O) groups is 1. The first-order valence-corrected chi connectivity index (χ1v) is 9.52. The molecule has 1 aromatic carbocycles. The highest BCUT2D eigenvalue weighted by atomic mass is 35.5. The van der Waals surface area contributed by atoms with E-state index in [0.717, 1.165) is 36.5 Å². The van der Waals surface area contributed by atoms with E-state index in [-0.39, 0.29) is 17.9 Å². The lowest BCUT2D eigenvalue weighted by Crippen LogP contribution is -2.50. The fraction of sp³-hybridized carbons (Fsp3) is 0.500. The molecular weight excluding hydrogens is 348 g/mol. The maximum Gasteiger partial charge on any atom is 0.226 e. The lowest BCUT2D eigenvalue weighted by Gasteiger charge is -2.38. The number of nitrogens with zero attached hydrogens (tertiary/aromatic N) is 3. The number of carbonyl (C=O) groups excluding carboxylic acids is 1. The van der Waals surface area contributed by atoms with E-state index >= 15 is 0 Å². The van der Waals surface area contributed by atoms with Crippen LogP contribution in [-0.4, -0.2) is 40.2 Å². The molecule has 3 rings (SSSR count). The predicted octanol–water partition coefficient (Wildman–Crippen LogP) is 3.04. The summed E-state index contributed by atoms with van der Waals surface area (Å²) < 4.78 is 1.89. The van der Waals surface area contributed by atoms with Crippen molar-refractivity contribution in [3.8, 4) is 0 Å². The number of hydrogen-bond acceptors (Lipinski definition) is 3. The lowest BCUT2D eigenvalue weighted by atomic mass is 9.95. The minimum absolute atomic E-state index is 0.0218. The fourth-order valence-electron chi connectivity index (χ4n) is 3.77. The molecule has 0 bridgehead atoms. The molecule has 2 unspecified atom stereocenters. The maximum absolute atomic E-state index is 13.2. The van der Waals surface area contributed by atoms with E-state index in [0.29, 0.717) is 11.6 Å². The Balaban J connectivity index is 1.79. The van der Waals surface area contributed by atoms with Crippen molar-refractivity contribution >= 4 is 17.5 Å². The highest BCUT2D eigenvalue weighted by Gasteiger charge is 2.31. The largest absolute Gasteiger partial charge is 0.333 e. The van der Waals surface area contributed by atoms with Crippen molar-refractivity contribution < 1.29 is 4.79 Å². The first-order valence-electron chi connectivity index (χ1n) is 9.14. The van der Waals surface area contributed by atoms with Gasteiger partial charge in [0.15, 0.2) is 0 Å². The van der Waals surface area contributed by atoms with Crippen LogP contribution >= 0.6 is 11.6 Å². The van der Waals surface area contributed by atoms with Gasteiger partial charge in [0.05, 0.1) is 11.7 Å². The van der Waals surface area contributed by atoms with Gasteiger partial charge in [-0.25, -0.2) is 0 Å². The van der Waals surface area contributed by atoms with Crippen LogP contribution in [0.25, 0.3) is 0 Å². The summed E-state index contributed by atoms with van der Waals surface area (Å²) in [6.07, 6.45) is 0.719. The molecule has 1 fully saturated rings. The average molecular weight is 375 g/mol. The van der Waals surface area contributed by atoms with Gasteiger partial charge in [0.25, 0.3) is 0 Å². The zero-order valence-corrected chi connectivity index (χ0v) is 16.7. The van der Waals surface area contributed by atoms with Gasteiger partial charge >= 0.3 is 0 Å². The molecule has 2 aromatic rings. The Morgan fingerprint density at radius 3 is 2.85 bits per heavy atom. The maximum atomic E-state index is 13.2. The van der Waals surface area contributed by atoms with E-state index < -0.39 is 0 Å². The third-order valence-corrected chi connectivity index (χ3v) is 5.59. The van der Waals surface area contributed by atoms with E-state index in [1.807, 2.05) is 54.7 Å². The zero-order chi connectivity index (χ0) is 18.8. The molecule has 1 amide bonds. The molecule has 2 atom stereocenters. The van der Waals surface area contributed by atoms with Gasteiger partial charge in [0.1, 0.15) is 0 Å². The van der Waals surface area contributed by atoms with Crippen LogP contribution in [-0.2, 0) is 18.3 Å². The minimum atomic E-state index is -0.0867. The third kappa shape index (κ3) is 3.79. The smallest absolute Gasteiger partial charge is 0.226 e. The van der Waals surface area contributed by atoms with Crippen LogP contribution in [0.3, 0.4) is 0 Å². The second-order valence-electron chi connectivity index (χ2n) is 7.18. The molecule has 6 heteroatoms. The number of nitrogens with one attached hydrogen (secondary N) is 1. The van der Waals surface area contributed by atoms with E-state index in [9.17, 15) is 4.79 Å². The first-order chi connectivity index (χ1) is 12.4. The molecule has 1 saturated heterocycles. The molecular formula is C20H27ClN4O. The normalized spacial score (nSPS) is 18.8. The van der Waals surface area contributed by atoms with Crippen LogP contribution in [0.2, 0.25) is 5.02 Å². The van der Waals surface area contributed by atoms with Gasteiger partial charge in [-0.1, -0.05) is 30.7 Å². The van der Waals surface area contributed by atoms with Crippen LogP contribution in [0, 0.1) is 19.8 Å². The Bertz CT molecular complexity index is 801. The summed E-state index contributed by atoms with van der Waals surface area (Å²) in [7, 11) is 1.95. The van der Waals surface area contributed by atoms with Gasteiger partial charge in [0, 0.05) is 43.3 Å². The number of piperazine rings is 1. The molecule has 0 saturated carbocycles. The van der Waals surface area contributed by atoms with Crippen LogP contribution in [0.15, 0.2) is 24.3 Å². The highest BCUT2D eigenvalue weighted by Crippen LogP contribution is 2.27. The summed E-state index contributed by atoms with van der Waals surface area (Å²) in [5.74, 6) is 0.107. The Labute approximate surface area is 160 Å². The van der Waals surface area contributed by atoms with Gasteiger partial charge < -0.3 is 10.2 Å². The van der Waals surface area contributed by atoms with Crippen molar-refractivity contribution in [2.45, 2.75) is 33.2 Å². The number of benzene rings is 1. The number of amides is 1. The van der Waals surface area contributed by atoms with E-state index in [1.54, 1.807) is 0 Å². The van der Waals surface area contributed by atoms with Gasteiger partial charge in [-0.3, -0.25) is 9.48 Å². The van der Waals surface area contributed by atoms with E-state index in [4.69, 9.17) is 11.6 Å². The quantitative estimate of drug-likeness (QED) is 0.894. The van der Waals surface area contributed by atoms with Crippen LogP contribution in [0.1, 0.15) is 35.5 Å². The molecule has 140 valence electrons. The molecule has 1 N–H and O–H groups in total. The number of halogens is 1. The molecule has 0 aliphatic carbocycles. The standard InChI is InChI=1S/C20H27ClN4O/c1-13(10-18-14(2)23-24(4)15(18)3)20(26)25-9-8-22-12-19(25)16-6-5-7-17(21)11-16/h5-7,11,13,19,22H,8-10,12H2,1-4H3. The molecule has 5 nitrogen and oxygen atoms in total. The minimum Gasteiger partial charge on any atom is -0.333 e. The number of aryl methyl sites for hydroxylation is 2. The Hall–Kier alpha value is -1.85. The molecule has 1 aliphatic rings.